The van der Waals surface area contributed by atoms with E-state index in [0.29, 0.717) is 0 Å². The summed E-state index contributed by atoms with van der Waals surface area (Å²) in [5.74, 6) is -0.931. The lowest BCUT2D eigenvalue weighted by atomic mass is 10.1. The lowest BCUT2D eigenvalue weighted by Crippen LogP contribution is -2.38. The topological polar surface area (TPSA) is 88.2 Å². The SMILES string of the molecule is Cc1ccc(N2CC(C(=O)N(CC#N)CC#N)CC2=O)cc1C. The normalized spacial score (nSPS) is 16.8. The van der Waals surface area contributed by atoms with Gasteiger partial charge < -0.3 is 9.80 Å². The van der Waals surface area contributed by atoms with Gasteiger partial charge in [0.25, 0.3) is 0 Å². The molecule has 1 aromatic carbocycles. The fourth-order valence-electron chi connectivity index (χ4n) is 2.66. The van der Waals surface area contributed by atoms with E-state index in [1.807, 2.05) is 44.2 Å². The van der Waals surface area contributed by atoms with Crippen molar-refractivity contribution in [1.29, 1.82) is 10.5 Å². The molecule has 118 valence electrons. The molecule has 1 atom stereocenters. The summed E-state index contributed by atoms with van der Waals surface area (Å²) in [4.78, 5) is 27.5. The predicted molar refractivity (Wildman–Crippen MR) is 84.2 cm³/mol. The number of hydrogen-bond acceptors (Lipinski definition) is 4. The molecular weight excluding hydrogens is 292 g/mol. The number of nitriles is 2. The van der Waals surface area contributed by atoms with Gasteiger partial charge in [0.15, 0.2) is 0 Å². The highest BCUT2D eigenvalue weighted by molar-refractivity contribution is 6.00. The summed E-state index contributed by atoms with van der Waals surface area (Å²) < 4.78 is 0. The molecular formula is C17H18N4O2. The van der Waals surface area contributed by atoms with E-state index in [-0.39, 0.29) is 37.9 Å². The zero-order chi connectivity index (χ0) is 17.0. The summed E-state index contributed by atoms with van der Waals surface area (Å²) in [7, 11) is 0. The fraction of sp³-hybridized carbons (Fsp3) is 0.412. The van der Waals surface area contributed by atoms with Crippen LogP contribution in [0.1, 0.15) is 17.5 Å². The highest BCUT2D eigenvalue weighted by atomic mass is 16.2. The minimum absolute atomic E-state index is 0.110. The Morgan fingerprint density at radius 3 is 2.48 bits per heavy atom. The Kier molecular flexibility index (Phi) is 4.98. The quantitative estimate of drug-likeness (QED) is 0.789. The molecule has 2 rings (SSSR count). The number of anilines is 1. The van der Waals surface area contributed by atoms with Crippen LogP contribution in [0.3, 0.4) is 0 Å². The number of amides is 2. The van der Waals surface area contributed by atoms with E-state index < -0.39 is 5.92 Å². The molecule has 1 heterocycles. The van der Waals surface area contributed by atoms with Crippen molar-refractivity contribution in [2.75, 3.05) is 24.5 Å². The predicted octanol–water partition coefficient (Wildman–Crippen LogP) is 1.53. The number of nitrogens with zero attached hydrogens (tertiary/aromatic N) is 4. The summed E-state index contributed by atoms with van der Waals surface area (Å²) in [5, 5.41) is 17.5. The zero-order valence-electron chi connectivity index (χ0n) is 13.2. The van der Waals surface area contributed by atoms with Gasteiger partial charge in [-0.3, -0.25) is 9.59 Å². The van der Waals surface area contributed by atoms with Gasteiger partial charge in [0.1, 0.15) is 13.1 Å². The van der Waals surface area contributed by atoms with Crippen LogP contribution in [-0.4, -0.2) is 36.3 Å². The molecule has 1 saturated heterocycles. The van der Waals surface area contributed by atoms with Crippen molar-refractivity contribution >= 4 is 17.5 Å². The van der Waals surface area contributed by atoms with Gasteiger partial charge in [-0.25, -0.2) is 0 Å². The Morgan fingerprint density at radius 2 is 1.91 bits per heavy atom. The van der Waals surface area contributed by atoms with Crippen LogP contribution in [0.25, 0.3) is 0 Å². The van der Waals surface area contributed by atoms with E-state index in [0.717, 1.165) is 16.8 Å². The molecule has 0 radical (unpaired) electrons. The first-order chi connectivity index (χ1) is 11.0. The van der Waals surface area contributed by atoms with Crippen molar-refractivity contribution in [3.63, 3.8) is 0 Å². The Hall–Kier alpha value is -2.86. The zero-order valence-corrected chi connectivity index (χ0v) is 13.2. The molecule has 6 heteroatoms. The van der Waals surface area contributed by atoms with E-state index in [2.05, 4.69) is 0 Å². The summed E-state index contributed by atoms with van der Waals surface area (Å²) >= 11 is 0. The van der Waals surface area contributed by atoms with Gasteiger partial charge in [-0.1, -0.05) is 6.07 Å². The number of carbonyl (C=O) groups is 2. The van der Waals surface area contributed by atoms with Crippen LogP contribution in [0.2, 0.25) is 0 Å². The molecule has 0 saturated carbocycles. The van der Waals surface area contributed by atoms with Gasteiger partial charge in [0.2, 0.25) is 11.8 Å². The molecule has 0 bridgehead atoms. The molecule has 0 aliphatic carbocycles. The number of carbonyl (C=O) groups excluding carboxylic acids is 2. The third-order valence-electron chi connectivity index (χ3n) is 4.11. The Morgan fingerprint density at radius 1 is 1.26 bits per heavy atom. The third-order valence-corrected chi connectivity index (χ3v) is 4.11. The molecule has 0 N–H and O–H groups in total. The Bertz CT molecular complexity index is 698. The second-order valence-electron chi connectivity index (χ2n) is 5.68. The minimum atomic E-state index is -0.509. The lowest BCUT2D eigenvalue weighted by molar-refractivity contribution is -0.134. The maximum Gasteiger partial charge on any atom is 0.229 e. The number of aryl methyl sites for hydroxylation is 2. The molecule has 1 aliphatic heterocycles. The van der Waals surface area contributed by atoms with E-state index in [1.54, 1.807) is 4.90 Å². The summed E-state index contributed by atoms with van der Waals surface area (Å²) in [6.07, 6.45) is 0.110. The smallest absolute Gasteiger partial charge is 0.229 e. The highest BCUT2D eigenvalue weighted by Gasteiger charge is 2.37. The molecule has 1 aromatic rings. The van der Waals surface area contributed by atoms with Crippen LogP contribution in [-0.2, 0) is 9.59 Å². The summed E-state index contributed by atoms with van der Waals surface area (Å²) in [5.41, 5.74) is 3.00. The number of rotatable bonds is 4. The van der Waals surface area contributed by atoms with Gasteiger partial charge in [0, 0.05) is 18.7 Å². The second-order valence-corrected chi connectivity index (χ2v) is 5.68. The molecule has 2 amide bonds. The fourth-order valence-corrected chi connectivity index (χ4v) is 2.66. The minimum Gasteiger partial charge on any atom is -0.316 e. The van der Waals surface area contributed by atoms with Crippen LogP contribution < -0.4 is 4.90 Å². The first kappa shape index (κ1) is 16.5. The van der Waals surface area contributed by atoms with Gasteiger partial charge in [0.05, 0.1) is 18.1 Å². The van der Waals surface area contributed by atoms with Crippen molar-refractivity contribution in [3.05, 3.63) is 29.3 Å². The molecule has 0 spiro atoms. The standard InChI is InChI=1S/C17H18N4O2/c1-12-3-4-15(9-13(12)2)21-11-14(10-16(21)22)17(23)20(7-5-18)8-6-19/h3-4,9,14H,7-8,10-11H2,1-2H3. The molecule has 0 aromatic heterocycles. The maximum absolute atomic E-state index is 12.4. The molecule has 6 nitrogen and oxygen atoms in total. The molecule has 23 heavy (non-hydrogen) atoms. The molecule has 1 unspecified atom stereocenters. The first-order valence-corrected chi connectivity index (χ1v) is 7.38. The van der Waals surface area contributed by atoms with Crippen LogP contribution in [0, 0.1) is 42.4 Å². The van der Waals surface area contributed by atoms with Crippen molar-refractivity contribution in [1.82, 2.24) is 4.90 Å². The van der Waals surface area contributed by atoms with Gasteiger partial charge in [-0.05, 0) is 37.1 Å². The summed E-state index contributed by atoms with van der Waals surface area (Å²) in [6, 6.07) is 9.51. The largest absolute Gasteiger partial charge is 0.316 e. The monoisotopic (exact) mass is 310 g/mol. The Balaban J connectivity index is 2.16. The van der Waals surface area contributed by atoms with Crippen LogP contribution in [0.5, 0.6) is 0 Å². The highest BCUT2D eigenvalue weighted by Crippen LogP contribution is 2.27. The first-order valence-electron chi connectivity index (χ1n) is 7.38. The van der Waals surface area contributed by atoms with E-state index in [4.69, 9.17) is 10.5 Å². The average Bonchev–Trinajstić information content (AvgIpc) is 2.91. The van der Waals surface area contributed by atoms with Crippen molar-refractivity contribution in [3.8, 4) is 12.1 Å². The van der Waals surface area contributed by atoms with E-state index in [1.165, 1.54) is 4.90 Å². The van der Waals surface area contributed by atoms with E-state index in [9.17, 15) is 9.59 Å². The van der Waals surface area contributed by atoms with Gasteiger partial charge in [-0.2, -0.15) is 10.5 Å². The van der Waals surface area contributed by atoms with Gasteiger partial charge in [-0.15, -0.1) is 0 Å². The van der Waals surface area contributed by atoms with Crippen LogP contribution in [0.4, 0.5) is 5.69 Å². The average molecular weight is 310 g/mol. The van der Waals surface area contributed by atoms with Crippen LogP contribution in [0.15, 0.2) is 18.2 Å². The lowest BCUT2D eigenvalue weighted by Gasteiger charge is -2.21. The van der Waals surface area contributed by atoms with Crippen molar-refractivity contribution in [2.24, 2.45) is 5.92 Å². The Labute approximate surface area is 135 Å². The van der Waals surface area contributed by atoms with Crippen molar-refractivity contribution < 1.29 is 9.59 Å². The third kappa shape index (κ3) is 3.49. The van der Waals surface area contributed by atoms with E-state index >= 15 is 0 Å². The number of hydrogen-bond donors (Lipinski definition) is 0. The van der Waals surface area contributed by atoms with Crippen LogP contribution >= 0.6 is 0 Å². The maximum atomic E-state index is 12.4. The second kappa shape index (κ2) is 6.93. The van der Waals surface area contributed by atoms with Gasteiger partial charge >= 0.3 is 0 Å². The number of benzene rings is 1. The molecule has 1 fully saturated rings. The molecule has 1 aliphatic rings. The van der Waals surface area contributed by atoms with Crippen molar-refractivity contribution in [2.45, 2.75) is 20.3 Å². The summed E-state index contributed by atoms with van der Waals surface area (Å²) in [6.45, 7) is 3.98.